The minimum atomic E-state index is -0.766. The fourth-order valence-electron chi connectivity index (χ4n) is 5.73. The summed E-state index contributed by atoms with van der Waals surface area (Å²) in [6.07, 6.45) is 7.87. The molecule has 0 atom stereocenters. The molecule has 0 aromatic heterocycles. The SMILES string of the molecule is C=CCCOc1ccc(OC(=O)C2CCC(c3ccc(C4CCC(OCC)CC4)c(F)c3F)CC2)c(F)c1. The Balaban J connectivity index is 1.31. The first kappa shape index (κ1) is 28.2. The van der Waals surface area contributed by atoms with Crippen molar-refractivity contribution in [2.75, 3.05) is 13.2 Å². The van der Waals surface area contributed by atoms with E-state index in [1.165, 1.54) is 12.1 Å². The second-order valence-electron chi connectivity index (χ2n) is 10.3. The first-order valence-electron chi connectivity index (χ1n) is 13.8. The summed E-state index contributed by atoms with van der Waals surface area (Å²) < 4.78 is 61.1. The molecule has 0 saturated heterocycles. The van der Waals surface area contributed by atoms with Gasteiger partial charge in [-0.25, -0.2) is 13.2 Å². The molecule has 0 aliphatic heterocycles. The fraction of sp³-hybridized carbons (Fsp3) is 0.516. The van der Waals surface area contributed by atoms with Crippen LogP contribution < -0.4 is 9.47 Å². The van der Waals surface area contributed by atoms with Gasteiger partial charge in [-0.05, 0) is 99.8 Å². The van der Waals surface area contributed by atoms with Crippen LogP contribution in [0.25, 0.3) is 0 Å². The Labute approximate surface area is 223 Å². The summed E-state index contributed by atoms with van der Waals surface area (Å²) in [5.74, 6) is -3.06. The number of halogens is 3. The molecule has 2 aromatic carbocycles. The van der Waals surface area contributed by atoms with E-state index in [1.54, 1.807) is 24.3 Å². The van der Waals surface area contributed by atoms with Crippen LogP contribution in [0.3, 0.4) is 0 Å². The zero-order chi connectivity index (χ0) is 27.1. The minimum absolute atomic E-state index is 0.00827. The molecule has 0 bridgehead atoms. The fourth-order valence-corrected chi connectivity index (χ4v) is 5.73. The predicted octanol–water partition coefficient (Wildman–Crippen LogP) is 8.00. The molecule has 0 N–H and O–H groups in total. The Morgan fingerprint density at radius 3 is 2.08 bits per heavy atom. The molecule has 7 heteroatoms. The van der Waals surface area contributed by atoms with Gasteiger partial charge in [0.2, 0.25) is 0 Å². The summed E-state index contributed by atoms with van der Waals surface area (Å²) in [5, 5.41) is 0. The normalized spacial score (nSPS) is 23.6. The summed E-state index contributed by atoms with van der Waals surface area (Å²) in [7, 11) is 0. The second-order valence-corrected chi connectivity index (χ2v) is 10.3. The zero-order valence-electron chi connectivity index (χ0n) is 22.0. The Morgan fingerprint density at radius 2 is 1.53 bits per heavy atom. The molecule has 4 nitrogen and oxygen atoms in total. The van der Waals surface area contributed by atoms with E-state index in [1.807, 2.05) is 6.92 Å². The molecule has 2 aliphatic rings. The molecule has 38 heavy (non-hydrogen) atoms. The van der Waals surface area contributed by atoms with Crippen molar-refractivity contribution in [3.63, 3.8) is 0 Å². The van der Waals surface area contributed by atoms with E-state index in [0.29, 0.717) is 62.2 Å². The highest BCUT2D eigenvalue weighted by atomic mass is 19.2. The topological polar surface area (TPSA) is 44.8 Å². The van der Waals surface area contributed by atoms with Gasteiger partial charge in [0, 0.05) is 12.7 Å². The first-order valence-corrected chi connectivity index (χ1v) is 13.8. The third-order valence-electron chi connectivity index (χ3n) is 7.86. The monoisotopic (exact) mass is 530 g/mol. The van der Waals surface area contributed by atoms with Crippen molar-refractivity contribution >= 4 is 5.97 Å². The van der Waals surface area contributed by atoms with Gasteiger partial charge in [-0.2, -0.15) is 0 Å². The average molecular weight is 531 g/mol. The van der Waals surface area contributed by atoms with Gasteiger partial charge in [-0.15, -0.1) is 6.58 Å². The van der Waals surface area contributed by atoms with Crippen molar-refractivity contribution in [2.45, 2.75) is 82.7 Å². The Kier molecular flexibility index (Phi) is 9.89. The molecule has 2 saturated carbocycles. The van der Waals surface area contributed by atoms with Crippen LogP contribution in [0.5, 0.6) is 11.5 Å². The predicted molar refractivity (Wildman–Crippen MR) is 140 cm³/mol. The number of hydrogen-bond acceptors (Lipinski definition) is 4. The van der Waals surface area contributed by atoms with Gasteiger partial charge in [0.25, 0.3) is 0 Å². The molecule has 0 radical (unpaired) electrons. The molecule has 0 amide bonds. The maximum absolute atomic E-state index is 15.2. The molecule has 206 valence electrons. The number of hydrogen-bond donors (Lipinski definition) is 0. The van der Waals surface area contributed by atoms with Gasteiger partial charge < -0.3 is 14.2 Å². The van der Waals surface area contributed by atoms with Crippen LogP contribution in [0.2, 0.25) is 0 Å². The number of rotatable bonds is 10. The van der Waals surface area contributed by atoms with Gasteiger partial charge in [0.1, 0.15) is 5.75 Å². The number of carbonyl (C=O) groups is 1. The number of carbonyl (C=O) groups excluding carboxylic acids is 1. The lowest BCUT2D eigenvalue weighted by Gasteiger charge is -2.30. The van der Waals surface area contributed by atoms with Gasteiger partial charge in [0.05, 0.1) is 18.6 Å². The summed E-state index contributed by atoms with van der Waals surface area (Å²) in [5.41, 5.74) is 0.830. The van der Waals surface area contributed by atoms with Crippen molar-refractivity contribution in [3.05, 3.63) is 71.6 Å². The standard InChI is InChI=1S/C31H37F3O4/c1-3-5-18-37-24-14-17-28(27(32)19-24)38-31(35)22-8-6-20(7-9-22)25-15-16-26(30(34)29(25)33)21-10-12-23(13-11-21)36-4-2/h3,14-17,19-23H,1,4-13,18H2,2H3. The molecular formula is C31H37F3O4. The van der Waals surface area contributed by atoms with E-state index in [-0.39, 0.29) is 23.7 Å². The van der Waals surface area contributed by atoms with Crippen LogP contribution in [0.4, 0.5) is 13.2 Å². The first-order chi connectivity index (χ1) is 18.4. The van der Waals surface area contributed by atoms with Gasteiger partial charge in [-0.3, -0.25) is 4.79 Å². The highest BCUT2D eigenvalue weighted by Gasteiger charge is 2.32. The zero-order valence-corrected chi connectivity index (χ0v) is 22.0. The lowest BCUT2D eigenvalue weighted by atomic mass is 9.77. The molecule has 4 rings (SSSR count). The van der Waals surface area contributed by atoms with Crippen LogP contribution in [0.15, 0.2) is 43.0 Å². The summed E-state index contributed by atoms with van der Waals surface area (Å²) in [6.45, 7) is 6.63. The number of ether oxygens (including phenoxy) is 3. The summed E-state index contributed by atoms with van der Waals surface area (Å²) in [4.78, 5) is 12.7. The van der Waals surface area contributed by atoms with Crippen LogP contribution in [0, 0.1) is 23.4 Å². The largest absolute Gasteiger partial charge is 0.493 e. The van der Waals surface area contributed by atoms with E-state index in [0.717, 1.165) is 25.7 Å². The number of esters is 1. The lowest BCUT2D eigenvalue weighted by Crippen LogP contribution is -2.26. The molecular weight excluding hydrogens is 493 g/mol. The Morgan fingerprint density at radius 1 is 0.921 bits per heavy atom. The maximum atomic E-state index is 15.2. The third-order valence-corrected chi connectivity index (χ3v) is 7.86. The molecule has 0 spiro atoms. The van der Waals surface area contributed by atoms with Crippen LogP contribution in [-0.2, 0) is 9.53 Å². The van der Waals surface area contributed by atoms with E-state index >= 15 is 8.78 Å². The van der Waals surface area contributed by atoms with E-state index in [4.69, 9.17) is 14.2 Å². The van der Waals surface area contributed by atoms with Gasteiger partial charge in [-0.1, -0.05) is 18.2 Å². The van der Waals surface area contributed by atoms with Crippen molar-refractivity contribution in [1.82, 2.24) is 0 Å². The summed E-state index contributed by atoms with van der Waals surface area (Å²) in [6, 6.07) is 7.59. The average Bonchev–Trinajstić information content (AvgIpc) is 2.93. The highest BCUT2D eigenvalue weighted by Crippen LogP contribution is 2.41. The van der Waals surface area contributed by atoms with Crippen molar-refractivity contribution < 1.29 is 32.2 Å². The highest BCUT2D eigenvalue weighted by molar-refractivity contribution is 5.75. The molecule has 0 heterocycles. The van der Waals surface area contributed by atoms with E-state index in [2.05, 4.69) is 6.58 Å². The third kappa shape index (κ3) is 6.79. The molecule has 2 aromatic rings. The maximum Gasteiger partial charge on any atom is 0.314 e. The van der Waals surface area contributed by atoms with Gasteiger partial charge in [0.15, 0.2) is 23.2 Å². The van der Waals surface area contributed by atoms with E-state index in [9.17, 15) is 9.18 Å². The van der Waals surface area contributed by atoms with E-state index < -0.39 is 29.3 Å². The quantitative estimate of drug-likeness (QED) is 0.135. The number of benzene rings is 2. The smallest absolute Gasteiger partial charge is 0.314 e. The van der Waals surface area contributed by atoms with Crippen LogP contribution in [-0.4, -0.2) is 25.3 Å². The summed E-state index contributed by atoms with van der Waals surface area (Å²) >= 11 is 0. The Bertz CT molecular complexity index is 1100. The molecule has 0 unspecified atom stereocenters. The van der Waals surface area contributed by atoms with Crippen LogP contribution >= 0.6 is 0 Å². The van der Waals surface area contributed by atoms with Gasteiger partial charge >= 0.3 is 5.97 Å². The van der Waals surface area contributed by atoms with Crippen molar-refractivity contribution in [3.8, 4) is 11.5 Å². The van der Waals surface area contributed by atoms with Crippen LogP contribution in [0.1, 0.15) is 87.7 Å². The minimum Gasteiger partial charge on any atom is -0.493 e. The lowest BCUT2D eigenvalue weighted by molar-refractivity contribution is -0.140. The van der Waals surface area contributed by atoms with Crippen molar-refractivity contribution in [1.29, 1.82) is 0 Å². The molecule has 2 aliphatic carbocycles. The second kappa shape index (κ2) is 13.3. The Hall–Kier alpha value is -2.80. The van der Waals surface area contributed by atoms with Crippen molar-refractivity contribution in [2.24, 2.45) is 5.92 Å². The molecule has 2 fully saturated rings.